The minimum Gasteiger partial charge on any atom is -0.488 e. The lowest BCUT2D eigenvalue weighted by atomic mass is 9.86. The second kappa shape index (κ2) is 8.44. The molecule has 0 unspecified atom stereocenters. The van der Waals surface area contributed by atoms with Crippen LogP contribution in [0.3, 0.4) is 0 Å². The number of piperidine rings is 1. The highest BCUT2D eigenvalue weighted by atomic mass is 35.5. The smallest absolute Gasteiger partial charge is 0.309 e. The van der Waals surface area contributed by atoms with Crippen molar-refractivity contribution in [2.24, 2.45) is 5.41 Å². The van der Waals surface area contributed by atoms with Crippen LogP contribution in [0.4, 0.5) is 0 Å². The Hall–Kier alpha value is -2.30. The normalized spacial score (nSPS) is 17.0. The Bertz CT molecular complexity index is 986. The van der Waals surface area contributed by atoms with E-state index in [9.17, 15) is 9.90 Å². The van der Waals surface area contributed by atoms with Crippen LogP contribution in [0, 0.1) is 5.41 Å². The first-order valence-corrected chi connectivity index (χ1v) is 10.9. The van der Waals surface area contributed by atoms with Crippen molar-refractivity contribution in [3.05, 3.63) is 69.8 Å². The zero-order valence-electron chi connectivity index (χ0n) is 17.6. The van der Waals surface area contributed by atoms with Gasteiger partial charge in [0.1, 0.15) is 12.4 Å². The molecule has 2 aliphatic heterocycles. The Morgan fingerprint density at radius 3 is 2.60 bits per heavy atom. The number of ether oxygens (including phenoxy) is 1. The van der Waals surface area contributed by atoms with Gasteiger partial charge in [0, 0.05) is 23.7 Å². The van der Waals surface area contributed by atoms with Crippen LogP contribution in [-0.2, 0) is 11.4 Å². The van der Waals surface area contributed by atoms with E-state index in [0.29, 0.717) is 13.0 Å². The predicted molar refractivity (Wildman–Crippen MR) is 120 cm³/mol. The van der Waals surface area contributed by atoms with E-state index in [-0.39, 0.29) is 0 Å². The number of fused-ring (bicyclic) bond motifs is 2. The minimum atomic E-state index is -0.729. The Balaban J connectivity index is 1.61. The Morgan fingerprint density at radius 1 is 1.13 bits per heavy atom. The third-order valence-electron chi connectivity index (χ3n) is 6.32. The first-order valence-electron chi connectivity index (χ1n) is 10.5. The lowest BCUT2D eigenvalue weighted by molar-refractivity contribution is -0.147. The summed E-state index contributed by atoms with van der Waals surface area (Å²) in [5, 5.41) is 10.1. The van der Waals surface area contributed by atoms with Gasteiger partial charge in [0.25, 0.3) is 0 Å². The molecule has 30 heavy (non-hydrogen) atoms. The molecule has 2 aliphatic rings. The molecule has 0 amide bonds. The number of rotatable bonds is 4. The molecule has 2 aromatic rings. The summed E-state index contributed by atoms with van der Waals surface area (Å²) in [7, 11) is 0. The number of carbonyl (C=O) groups is 1. The van der Waals surface area contributed by atoms with E-state index in [1.807, 2.05) is 24.3 Å². The SMILES string of the molecule is CC(C)(CCN1CCC(=C2c3ccc(Cl)cc3COc3ccccc32)CC1)C(=O)O. The summed E-state index contributed by atoms with van der Waals surface area (Å²) in [4.78, 5) is 13.8. The molecule has 4 rings (SSSR count). The molecule has 1 saturated heterocycles. The van der Waals surface area contributed by atoms with Gasteiger partial charge in [0.15, 0.2) is 0 Å². The molecule has 0 radical (unpaired) electrons. The summed E-state index contributed by atoms with van der Waals surface area (Å²) in [6.07, 6.45) is 2.60. The summed E-state index contributed by atoms with van der Waals surface area (Å²) < 4.78 is 6.11. The fourth-order valence-corrected chi connectivity index (χ4v) is 4.44. The maximum absolute atomic E-state index is 11.4. The molecule has 4 nitrogen and oxygen atoms in total. The molecule has 0 aromatic heterocycles. The highest BCUT2D eigenvalue weighted by Gasteiger charge is 2.29. The third kappa shape index (κ3) is 4.26. The molecule has 2 aromatic carbocycles. The van der Waals surface area contributed by atoms with Gasteiger partial charge in [-0.2, -0.15) is 0 Å². The summed E-state index contributed by atoms with van der Waals surface area (Å²) >= 11 is 6.27. The molecule has 5 heteroatoms. The maximum Gasteiger partial charge on any atom is 0.309 e. The van der Waals surface area contributed by atoms with Crippen LogP contribution in [0.25, 0.3) is 5.57 Å². The van der Waals surface area contributed by atoms with Gasteiger partial charge in [0.05, 0.1) is 5.41 Å². The number of carboxylic acids is 1. The van der Waals surface area contributed by atoms with Gasteiger partial charge in [-0.1, -0.05) is 41.4 Å². The molecular weight excluding hydrogens is 398 g/mol. The van der Waals surface area contributed by atoms with E-state index in [1.165, 1.54) is 16.7 Å². The van der Waals surface area contributed by atoms with E-state index < -0.39 is 11.4 Å². The van der Waals surface area contributed by atoms with Crippen molar-refractivity contribution in [2.75, 3.05) is 19.6 Å². The summed E-state index contributed by atoms with van der Waals surface area (Å²) in [5.41, 5.74) is 5.50. The van der Waals surface area contributed by atoms with E-state index in [4.69, 9.17) is 16.3 Å². The van der Waals surface area contributed by atoms with Crippen LogP contribution >= 0.6 is 11.6 Å². The Morgan fingerprint density at radius 2 is 1.87 bits per heavy atom. The molecule has 1 N–H and O–H groups in total. The van der Waals surface area contributed by atoms with Gasteiger partial charge in [-0.05, 0) is 74.6 Å². The van der Waals surface area contributed by atoms with Crippen LogP contribution in [0.15, 0.2) is 48.0 Å². The first-order chi connectivity index (χ1) is 14.3. The van der Waals surface area contributed by atoms with Gasteiger partial charge in [0.2, 0.25) is 0 Å². The topological polar surface area (TPSA) is 49.8 Å². The number of likely N-dealkylation sites (tertiary alicyclic amines) is 1. The second-order valence-corrected chi connectivity index (χ2v) is 9.28. The lowest BCUT2D eigenvalue weighted by Crippen LogP contribution is -2.36. The van der Waals surface area contributed by atoms with Crippen LogP contribution in [-0.4, -0.2) is 35.6 Å². The number of carboxylic acid groups (broad SMARTS) is 1. The fraction of sp³-hybridized carbons (Fsp3) is 0.400. The largest absolute Gasteiger partial charge is 0.488 e. The average molecular weight is 426 g/mol. The molecule has 0 aliphatic carbocycles. The predicted octanol–water partition coefficient (Wildman–Crippen LogP) is 5.63. The minimum absolute atomic E-state index is 0.514. The molecule has 0 spiro atoms. The average Bonchev–Trinajstić information content (AvgIpc) is 2.89. The zero-order chi connectivity index (χ0) is 21.3. The van der Waals surface area contributed by atoms with Gasteiger partial charge < -0.3 is 14.7 Å². The van der Waals surface area contributed by atoms with Gasteiger partial charge in [-0.15, -0.1) is 0 Å². The van der Waals surface area contributed by atoms with Crippen molar-refractivity contribution in [3.63, 3.8) is 0 Å². The number of para-hydroxylation sites is 1. The van der Waals surface area contributed by atoms with Crippen LogP contribution in [0.2, 0.25) is 5.02 Å². The van der Waals surface area contributed by atoms with Crippen molar-refractivity contribution in [2.45, 2.75) is 39.7 Å². The Labute approximate surface area is 183 Å². The maximum atomic E-state index is 11.4. The van der Waals surface area contributed by atoms with Crippen LogP contribution in [0.1, 0.15) is 49.8 Å². The monoisotopic (exact) mass is 425 g/mol. The van der Waals surface area contributed by atoms with E-state index in [0.717, 1.165) is 54.4 Å². The molecule has 0 saturated carbocycles. The first kappa shape index (κ1) is 21.0. The van der Waals surface area contributed by atoms with Crippen molar-refractivity contribution in [3.8, 4) is 5.75 Å². The number of hydrogen-bond donors (Lipinski definition) is 1. The van der Waals surface area contributed by atoms with E-state index in [1.54, 1.807) is 13.8 Å². The third-order valence-corrected chi connectivity index (χ3v) is 6.56. The lowest BCUT2D eigenvalue weighted by Gasteiger charge is -2.32. The number of aliphatic carboxylic acids is 1. The quantitative estimate of drug-likeness (QED) is 0.689. The molecular formula is C25H28ClNO3. The fourth-order valence-electron chi connectivity index (χ4n) is 4.25. The second-order valence-electron chi connectivity index (χ2n) is 8.85. The molecule has 1 fully saturated rings. The number of nitrogens with zero attached hydrogens (tertiary/aromatic N) is 1. The van der Waals surface area contributed by atoms with E-state index in [2.05, 4.69) is 23.1 Å². The zero-order valence-corrected chi connectivity index (χ0v) is 18.3. The Kier molecular flexibility index (Phi) is 5.90. The van der Waals surface area contributed by atoms with Crippen LogP contribution in [0.5, 0.6) is 5.75 Å². The highest BCUT2D eigenvalue weighted by Crippen LogP contribution is 2.41. The van der Waals surface area contributed by atoms with Gasteiger partial charge in [-0.3, -0.25) is 4.79 Å². The van der Waals surface area contributed by atoms with Crippen molar-refractivity contribution >= 4 is 23.1 Å². The molecule has 2 heterocycles. The van der Waals surface area contributed by atoms with Crippen LogP contribution < -0.4 is 4.74 Å². The number of hydrogen-bond acceptors (Lipinski definition) is 3. The standard InChI is InChI=1S/C25H28ClNO3/c1-25(2,24(28)29)11-14-27-12-9-17(10-13-27)23-20-8-7-19(26)15-18(20)16-30-22-6-4-3-5-21(22)23/h3-8,15H,9-14,16H2,1-2H3,(H,28,29). The highest BCUT2D eigenvalue weighted by molar-refractivity contribution is 6.30. The van der Waals surface area contributed by atoms with Gasteiger partial charge in [-0.25, -0.2) is 0 Å². The number of benzene rings is 2. The summed E-state index contributed by atoms with van der Waals surface area (Å²) in [5.74, 6) is 0.186. The molecule has 0 atom stereocenters. The van der Waals surface area contributed by atoms with Gasteiger partial charge >= 0.3 is 5.97 Å². The summed E-state index contributed by atoms with van der Waals surface area (Å²) in [6, 6.07) is 14.3. The molecule has 158 valence electrons. The number of halogens is 1. The van der Waals surface area contributed by atoms with E-state index >= 15 is 0 Å². The molecule has 0 bridgehead atoms. The van der Waals surface area contributed by atoms with Crippen molar-refractivity contribution in [1.82, 2.24) is 4.90 Å². The summed E-state index contributed by atoms with van der Waals surface area (Å²) in [6.45, 7) is 6.82. The van der Waals surface area contributed by atoms with Crippen molar-refractivity contribution in [1.29, 1.82) is 0 Å². The van der Waals surface area contributed by atoms with Crippen molar-refractivity contribution < 1.29 is 14.6 Å².